The van der Waals surface area contributed by atoms with Gasteiger partial charge in [0.2, 0.25) is 0 Å². The summed E-state index contributed by atoms with van der Waals surface area (Å²) in [6.07, 6.45) is 36.3. The third kappa shape index (κ3) is 44.4. The van der Waals surface area contributed by atoms with Crippen LogP contribution in [0.1, 0.15) is 206 Å². The van der Waals surface area contributed by atoms with E-state index in [9.17, 15) is 14.4 Å². The summed E-state index contributed by atoms with van der Waals surface area (Å²) in [5.74, 6) is -0.550. The van der Waals surface area contributed by atoms with Crippen molar-refractivity contribution in [3.63, 3.8) is 0 Å². The lowest BCUT2D eigenvalue weighted by atomic mass is 10.0. The first-order valence-electron chi connectivity index (χ1n) is 19.1. The van der Waals surface area contributed by atoms with E-state index in [0.29, 0.717) is 13.2 Å². The standard InChI is InChI=1S/C36H70O4.C2H5NO2/c1-3-5-7-9-11-13-15-17-19-21-23-25-27-29-33-39-35(37)31-32-36(38)40-34-30-28-26-24-22-20-18-16-14-12-10-8-6-4-2;1-5-2(3)4/h3-34H2,1-2H3;1H3,(H2,3,4). The molecule has 0 aromatic rings. The summed E-state index contributed by atoms with van der Waals surface area (Å²) in [7, 11) is 1.22. The number of unbranched alkanes of at least 4 members (excludes halogenated alkanes) is 26. The highest BCUT2D eigenvalue weighted by molar-refractivity contribution is 5.77. The van der Waals surface area contributed by atoms with E-state index in [1.165, 1.54) is 161 Å². The maximum absolute atomic E-state index is 11.9. The Bertz CT molecular complexity index is 581. The Kier molecular flexibility index (Phi) is 40.5. The van der Waals surface area contributed by atoms with Gasteiger partial charge in [0.15, 0.2) is 0 Å². The van der Waals surface area contributed by atoms with E-state index >= 15 is 0 Å². The van der Waals surface area contributed by atoms with Crippen molar-refractivity contribution >= 4 is 18.0 Å². The molecule has 1 amide bonds. The Morgan fingerprint density at radius 1 is 0.400 bits per heavy atom. The molecule has 0 radical (unpaired) electrons. The van der Waals surface area contributed by atoms with Crippen molar-refractivity contribution in [2.24, 2.45) is 5.73 Å². The Morgan fingerprint density at radius 3 is 0.800 bits per heavy atom. The quantitative estimate of drug-likeness (QED) is 0.0434. The third-order valence-corrected chi connectivity index (χ3v) is 8.26. The second-order valence-electron chi connectivity index (χ2n) is 12.7. The molecular formula is C38H75NO6. The Balaban J connectivity index is 0. The topological polar surface area (TPSA) is 105 Å². The molecule has 0 aliphatic heterocycles. The molecule has 0 bridgehead atoms. The summed E-state index contributed by atoms with van der Waals surface area (Å²) in [4.78, 5) is 33.1. The summed E-state index contributed by atoms with van der Waals surface area (Å²) < 4.78 is 14.5. The molecule has 0 saturated carbocycles. The van der Waals surface area contributed by atoms with Crippen LogP contribution in [0.5, 0.6) is 0 Å². The van der Waals surface area contributed by atoms with Crippen LogP contribution in [0.25, 0.3) is 0 Å². The summed E-state index contributed by atoms with van der Waals surface area (Å²) in [5.41, 5.74) is 4.43. The number of esters is 2. The van der Waals surface area contributed by atoms with Crippen LogP contribution in [0.4, 0.5) is 4.79 Å². The molecule has 7 heteroatoms. The fourth-order valence-electron chi connectivity index (χ4n) is 5.31. The number of ether oxygens (including phenoxy) is 3. The van der Waals surface area contributed by atoms with Crippen LogP contribution >= 0.6 is 0 Å². The van der Waals surface area contributed by atoms with Crippen molar-refractivity contribution in [2.75, 3.05) is 20.3 Å². The molecule has 0 rings (SSSR count). The van der Waals surface area contributed by atoms with Crippen molar-refractivity contribution in [1.82, 2.24) is 0 Å². The van der Waals surface area contributed by atoms with Crippen LogP contribution in [-0.4, -0.2) is 38.4 Å². The maximum atomic E-state index is 11.9. The summed E-state index contributed by atoms with van der Waals surface area (Å²) in [6.45, 7) is 5.50. The van der Waals surface area contributed by atoms with Gasteiger partial charge < -0.3 is 19.9 Å². The number of primary amides is 1. The predicted molar refractivity (Wildman–Crippen MR) is 188 cm³/mol. The number of methoxy groups -OCH3 is 1. The molecule has 45 heavy (non-hydrogen) atoms. The van der Waals surface area contributed by atoms with Gasteiger partial charge in [-0.25, -0.2) is 4.79 Å². The maximum Gasteiger partial charge on any atom is 0.404 e. The van der Waals surface area contributed by atoms with Crippen LogP contribution in [0.2, 0.25) is 0 Å². The molecular weight excluding hydrogens is 566 g/mol. The molecule has 2 N–H and O–H groups in total. The number of hydrogen-bond donors (Lipinski definition) is 1. The highest BCUT2D eigenvalue weighted by Gasteiger charge is 2.09. The zero-order chi connectivity index (χ0) is 33.5. The van der Waals surface area contributed by atoms with Gasteiger partial charge in [-0.1, -0.05) is 181 Å². The van der Waals surface area contributed by atoms with E-state index in [4.69, 9.17) is 9.47 Å². The Hall–Kier alpha value is -1.79. The molecule has 0 spiro atoms. The zero-order valence-corrected chi connectivity index (χ0v) is 30.2. The lowest BCUT2D eigenvalue weighted by Crippen LogP contribution is -2.11. The molecule has 0 saturated heterocycles. The predicted octanol–water partition coefficient (Wildman–Crippen LogP) is 11.5. The molecule has 0 aliphatic rings. The van der Waals surface area contributed by atoms with Crippen molar-refractivity contribution in [2.45, 2.75) is 206 Å². The normalized spacial score (nSPS) is 10.6. The average Bonchev–Trinajstić information content (AvgIpc) is 3.04. The molecule has 0 aliphatic carbocycles. The van der Waals surface area contributed by atoms with Gasteiger partial charge in [0.25, 0.3) is 0 Å². The highest BCUT2D eigenvalue weighted by atomic mass is 16.5. The van der Waals surface area contributed by atoms with Gasteiger partial charge >= 0.3 is 18.0 Å². The lowest BCUT2D eigenvalue weighted by molar-refractivity contribution is -0.150. The lowest BCUT2D eigenvalue weighted by Gasteiger charge is -2.06. The number of nitrogens with two attached hydrogens (primary N) is 1. The largest absolute Gasteiger partial charge is 0.466 e. The molecule has 0 fully saturated rings. The van der Waals surface area contributed by atoms with Gasteiger partial charge in [-0.05, 0) is 12.8 Å². The number of carbonyl (C=O) groups excluding carboxylic acids is 3. The smallest absolute Gasteiger partial charge is 0.404 e. The van der Waals surface area contributed by atoms with Gasteiger partial charge in [-0.15, -0.1) is 0 Å². The first-order chi connectivity index (χ1) is 22.0. The minimum Gasteiger partial charge on any atom is -0.466 e. The van der Waals surface area contributed by atoms with E-state index in [1.807, 2.05) is 0 Å². The second-order valence-corrected chi connectivity index (χ2v) is 12.7. The van der Waals surface area contributed by atoms with E-state index < -0.39 is 6.09 Å². The van der Waals surface area contributed by atoms with Crippen LogP contribution < -0.4 is 5.73 Å². The fraction of sp³-hybridized carbons (Fsp3) is 0.921. The molecule has 0 atom stereocenters. The molecule has 0 aromatic heterocycles. The van der Waals surface area contributed by atoms with Crippen LogP contribution in [0.15, 0.2) is 0 Å². The van der Waals surface area contributed by atoms with Crippen molar-refractivity contribution in [1.29, 1.82) is 0 Å². The zero-order valence-electron chi connectivity index (χ0n) is 30.2. The number of amides is 1. The van der Waals surface area contributed by atoms with Gasteiger partial charge in [0.1, 0.15) is 0 Å². The highest BCUT2D eigenvalue weighted by Crippen LogP contribution is 2.14. The first-order valence-corrected chi connectivity index (χ1v) is 19.1. The average molecular weight is 642 g/mol. The van der Waals surface area contributed by atoms with Crippen molar-refractivity contribution < 1.29 is 28.6 Å². The Morgan fingerprint density at radius 2 is 0.600 bits per heavy atom. The molecule has 0 heterocycles. The SMILES string of the molecule is CCCCCCCCCCCCCCCCOC(=O)CCC(=O)OCCCCCCCCCCCCCCCC.COC(N)=O. The van der Waals surface area contributed by atoms with Crippen LogP contribution in [0, 0.1) is 0 Å². The van der Waals surface area contributed by atoms with Crippen LogP contribution in [0.3, 0.4) is 0 Å². The van der Waals surface area contributed by atoms with Gasteiger partial charge in [-0.2, -0.15) is 0 Å². The summed E-state index contributed by atoms with van der Waals surface area (Å²) >= 11 is 0. The monoisotopic (exact) mass is 642 g/mol. The second kappa shape index (κ2) is 40.2. The molecule has 7 nitrogen and oxygen atoms in total. The fourth-order valence-corrected chi connectivity index (χ4v) is 5.31. The molecule has 268 valence electrons. The number of rotatable bonds is 33. The minimum absolute atomic E-state index is 0.135. The molecule has 0 aromatic carbocycles. The summed E-state index contributed by atoms with van der Waals surface area (Å²) in [6, 6.07) is 0. The number of carbonyl (C=O) groups is 3. The van der Waals surface area contributed by atoms with Gasteiger partial charge in [0.05, 0.1) is 33.2 Å². The van der Waals surface area contributed by atoms with E-state index in [-0.39, 0.29) is 24.8 Å². The molecule has 0 unspecified atom stereocenters. The summed E-state index contributed by atoms with van der Waals surface area (Å²) in [5, 5.41) is 0. The third-order valence-electron chi connectivity index (χ3n) is 8.26. The first kappa shape index (κ1) is 45.3. The Labute approximate surface area is 278 Å². The number of hydrogen-bond acceptors (Lipinski definition) is 6. The van der Waals surface area contributed by atoms with E-state index in [0.717, 1.165) is 25.7 Å². The van der Waals surface area contributed by atoms with Crippen molar-refractivity contribution in [3.8, 4) is 0 Å². The van der Waals surface area contributed by atoms with E-state index in [1.54, 1.807) is 0 Å². The van der Waals surface area contributed by atoms with Crippen LogP contribution in [-0.2, 0) is 23.8 Å². The minimum atomic E-state index is -0.745. The van der Waals surface area contributed by atoms with E-state index in [2.05, 4.69) is 24.3 Å². The van der Waals surface area contributed by atoms with Gasteiger partial charge in [0, 0.05) is 0 Å². The van der Waals surface area contributed by atoms with Gasteiger partial charge in [-0.3, -0.25) is 9.59 Å². The van der Waals surface area contributed by atoms with Crippen molar-refractivity contribution in [3.05, 3.63) is 0 Å².